The number of hydrogen-bond donors (Lipinski definition) is 1. The van der Waals surface area contributed by atoms with Crippen LogP contribution in [0.3, 0.4) is 0 Å². The van der Waals surface area contributed by atoms with Crippen molar-refractivity contribution in [2.24, 2.45) is 0 Å². The fourth-order valence-electron chi connectivity index (χ4n) is 3.11. The minimum absolute atomic E-state index is 0. The SMILES string of the molecule is Cl.Fc1ccccc1OCc1noc(C2(n3cccn3)CCNCC2)n1. The lowest BCUT2D eigenvalue weighted by Gasteiger charge is -2.34. The molecule has 0 atom stereocenters. The Kier molecular flexibility index (Phi) is 5.53. The molecule has 26 heavy (non-hydrogen) atoms. The highest BCUT2D eigenvalue weighted by atomic mass is 35.5. The Hall–Kier alpha value is -2.45. The molecule has 0 amide bonds. The predicted octanol–water partition coefficient (Wildman–Crippen LogP) is 2.53. The van der Waals surface area contributed by atoms with Crippen molar-refractivity contribution in [2.75, 3.05) is 13.1 Å². The van der Waals surface area contributed by atoms with Crippen molar-refractivity contribution >= 4 is 12.4 Å². The van der Waals surface area contributed by atoms with Crippen LogP contribution in [0.25, 0.3) is 0 Å². The van der Waals surface area contributed by atoms with Gasteiger partial charge in [0.05, 0.1) is 0 Å². The molecule has 0 radical (unpaired) electrons. The second-order valence-corrected chi connectivity index (χ2v) is 5.97. The van der Waals surface area contributed by atoms with E-state index in [1.807, 2.05) is 16.9 Å². The van der Waals surface area contributed by atoms with Gasteiger partial charge in [0.15, 0.2) is 18.2 Å². The Morgan fingerprint density at radius 1 is 1.23 bits per heavy atom. The Morgan fingerprint density at radius 3 is 2.77 bits per heavy atom. The molecule has 7 nitrogen and oxygen atoms in total. The predicted molar refractivity (Wildman–Crippen MR) is 93.7 cm³/mol. The average molecular weight is 380 g/mol. The van der Waals surface area contributed by atoms with E-state index in [-0.39, 0.29) is 24.8 Å². The van der Waals surface area contributed by atoms with Crippen molar-refractivity contribution in [1.29, 1.82) is 0 Å². The molecular weight excluding hydrogens is 361 g/mol. The van der Waals surface area contributed by atoms with E-state index >= 15 is 0 Å². The molecule has 1 saturated heterocycles. The van der Waals surface area contributed by atoms with Crippen molar-refractivity contribution in [3.05, 3.63) is 60.3 Å². The molecule has 1 aliphatic heterocycles. The summed E-state index contributed by atoms with van der Waals surface area (Å²) in [6.07, 6.45) is 5.24. The van der Waals surface area contributed by atoms with Crippen LogP contribution in [0, 0.1) is 5.82 Å². The van der Waals surface area contributed by atoms with Gasteiger partial charge in [-0.05, 0) is 44.1 Å². The third-order valence-corrected chi connectivity index (χ3v) is 4.43. The third kappa shape index (κ3) is 3.42. The van der Waals surface area contributed by atoms with Crippen molar-refractivity contribution in [2.45, 2.75) is 25.0 Å². The summed E-state index contributed by atoms with van der Waals surface area (Å²) in [6, 6.07) is 8.11. The van der Waals surface area contributed by atoms with E-state index in [9.17, 15) is 4.39 Å². The zero-order valence-corrected chi connectivity index (χ0v) is 14.8. The molecule has 1 aromatic carbocycles. The minimum Gasteiger partial charge on any atom is -0.482 e. The normalized spacial score (nSPS) is 16.0. The number of hydrogen-bond acceptors (Lipinski definition) is 6. The van der Waals surface area contributed by atoms with Gasteiger partial charge < -0.3 is 14.6 Å². The van der Waals surface area contributed by atoms with E-state index in [2.05, 4.69) is 20.6 Å². The zero-order chi connectivity index (χ0) is 17.1. The summed E-state index contributed by atoms with van der Waals surface area (Å²) in [5.74, 6) is 0.628. The fraction of sp³-hybridized carbons (Fsp3) is 0.353. The maximum absolute atomic E-state index is 13.6. The molecule has 0 spiro atoms. The molecule has 2 aromatic heterocycles. The molecule has 1 fully saturated rings. The molecule has 0 saturated carbocycles. The Labute approximate surface area is 156 Å². The summed E-state index contributed by atoms with van der Waals surface area (Å²) in [5, 5.41) is 11.7. The largest absolute Gasteiger partial charge is 0.482 e. The van der Waals surface area contributed by atoms with Gasteiger partial charge in [-0.15, -0.1) is 12.4 Å². The minimum atomic E-state index is -0.460. The molecule has 0 bridgehead atoms. The Bertz CT molecular complexity index is 833. The first-order chi connectivity index (χ1) is 12.3. The lowest BCUT2D eigenvalue weighted by atomic mass is 9.88. The molecule has 3 aromatic rings. The number of aromatic nitrogens is 4. The van der Waals surface area contributed by atoms with Crippen LogP contribution in [-0.2, 0) is 12.1 Å². The van der Waals surface area contributed by atoms with Crippen LogP contribution in [-0.4, -0.2) is 33.0 Å². The summed E-state index contributed by atoms with van der Waals surface area (Å²) in [4.78, 5) is 4.49. The van der Waals surface area contributed by atoms with Gasteiger partial charge in [-0.25, -0.2) is 4.39 Å². The number of piperidine rings is 1. The number of rotatable bonds is 5. The number of ether oxygens (including phenoxy) is 1. The molecule has 3 heterocycles. The second kappa shape index (κ2) is 7.84. The van der Waals surface area contributed by atoms with Crippen molar-refractivity contribution in [3.8, 4) is 5.75 Å². The van der Waals surface area contributed by atoms with Gasteiger partial charge in [-0.1, -0.05) is 17.3 Å². The van der Waals surface area contributed by atoms with Gasteiger partial charge in [-0.2, -0.15) is 10.1 Å². The van der Waals surface area contributed by atoms with Crippen LogP contribution >= 0.6 is 12.4 Å². The number of para-hydroxylation sites is 1. The van der Waals surface area contributed by atoms with Gasteiger partial charge >= 0.3 is 0 Å². The number of benzene rings is 1. The third-order valence-electron chi connectivity index (χ3n) is 4.43. The van der Waals surface area contributed by atoms with Crippen molar-refractivity contribution < 1.29 is 13.7 Å². The van der Waals surface area contributed by atoms with Gasteiger partial charge in [0.2, 0.25) is 5.82 Å². The van der Waals surface area contributed by atoms with Gasteiger partial charge in [0.25, 0.3) is 5.89 Å². The van der Waals surface area contributed by atoms with E-state index in [0.717, 1.165) is 25.9 Å². The molecule has 138 valence electrons. The first-order valence-electron chi connectivity index (χ1n) is 8.19. The molecule has 0 aliphatic carbocycles. The van der Waals surface area contributed by atoms with Crippen molar-refractivity contribution in [3.63, 3.8) is 0 Å². The molecule has 0 unspecified atom stereocenters. The molecular formula is C17H19ClFN5O2. The summed E-state index contributed by atoms with van der Waals surface area (Å²) in [5.41, 5.74) is -0.460. The highest BCUT2D eigenvalue weighted by Crippen LogP contribution is 2.33. The van der Waals surface area contributed by atoms with E-state index in [1.165, 1.54) is 6.07 Å². The summed E-state index contributed by atoms with van der Waals surface area (Å²) >= 11 is 0. The van der Waals surface area contributed by atoms with Gasteiger partial charge in [0, 0.05) is 12.4 Å². The zero-order valence-electron chi connectivity index (χ0n) is 14.0. The molecule has 1 aliphatic rings. The maximum atomic E-state index is 13.6. The smallest absolute Gasteiger partial charge is 0.254 e. The van der Waals surface area contributed by atoms with E-state index < -0.39 is 11.4 Å². The Morgan fingerprint density at radius 2 is 2.04 bits per heavy atom. The first-order valence-corrected chi connectivity index (χ1v) is 8.19. The summed E-state index contributed by atoms with van der Waals surface area (Å²) < 4.78 is 26.5. The van der Waals surface area contributed by atoms with Gasteiger partial charge in [-0.3, -0.25) is 4.68 Å². The number of nitrogens with one attached hydrogen (secondary N) is 1. The van der Waals surface area contributed by atoms with Crippen LogP contribution in [0.2, 0.25) is 0 Å². The van der Waals surface area contributed by atoms with Crippen LogP contribution in [0.15, 0.2) is 47.2 Å². The van der Waals surface area contributed by atoms with Crippen LogP contribution in [0.1, 0.15) is 24.6 Å². The monoisotopic (exact) mass is 379 g/mol. The standard InChI is InChI=1S/C17H18FN5O2.ClH/c18-13-4-1-2-5-14(13)24-12-15-21-16(25-22-15)17(6-9-19-10-7-17)23-11-3-8-20-23;/h1-5,8,11,19H,6-7,9-10,12H2;1H. The number of halogens is 2. The number of nitrogens with zero attached hydrogens (tertiary/aromatic N) is 4. The van der Waals surface area contributed by atoms with Crippen LogP contribution < -0.4 is 10.1 Å². The van der Waals surface area contributed by atoms with Gasteiger partial charge in [0.1, 0.15) is 5.54 Å². The Balaban J connectivity index is 0.00000196. The highest BCUT2D eigenvalue weighted by molar-refractivity contribution is 5.85. The van der Waals surface area contributed by atoms with Crippen molar-refractivity contribution in [1.82, 2.24) is 25.2 Å². The van der Waals surface area contributed by atoms with Crippen LogP contribution in [0.5, 0.6) is 5.75 Å². The van der Waals surface area contributed by atoms with E-state index in [0.29, 0.717) is 11.7 Å². The van der Waals surface area contributed by atoms with E-state index in [4.69, 9.17) is 9.26 Å². The van der Waals surface area contributed by atoms with E-state index in [1.54, 1.807) is 24.4 Å². The van der Waals surface area contributed by atoms with Crippen LogP contribution in [0.4, 0.5) is 4.39 Å². The average Bonchev–Trinajstić information content (AvgIpc) is 3.34. The first kappa shape index (κ1) is 18.3. The fourth-order valence-corrected chi connectivity index (χ4v) is 3.11. The molecule has 1 N–H and O–H groups in total. The second-order valence-electron chi connectivity index (χ2n) is 5.97. The molecule has 9 heteroatoms. The lowest BCUT2D eigenvalue weighted by Crippen LogP contribution is -2.45. The summed E-state index contributed by atoms with van der Waals surface area (Å²) in [6.45, 7) is 1.71. The highest BCUT2D eigenvalue weighted by Gasteiger charge is 2.41. The maximum Gasteiger partial charge on any atom is 0.254 e. The quantitative estimate of drug-likeness (QED) is 0.734. The summed E-state index contributed by atoms with van der Waals surface area (Å²) in [7, 11) is 0. The lowest BCUT2D eigenvalue weighted by molar-refractivity contribution is 0.172. The molecule has 4 rings (SSSR count). The topological polar surface area (TPSA) is 78.0 Å².